The number of hydrogen-bond donors (Lipinski definition) is 1. The van der Waals surface area contributed by atoms with Gasteiger partial charge >= 0.3 is 17.9 Å². The molecule has 0 atom stereocenters. The highest BCUT2D eigenvalue weighted by Gasteiger charge is 2.30. The summed E-state index contributed by atoms with van der Waals surface area (Å²) >= 11 is 0. The third kappa shape index (κ3) is 3.48. The molecule has 0 aliphatic carbocycles. The minimum atomic E-state index is -4.48. The van der Waals surface area contributed by atoms with Crippen LogP contribution in [0.4, 0.5) is 13.2 Å². The lowest BCUT2D eigenvalue weighted by molar-refractivity contribution is -0.137. The van der Waals surface area contributed by atoms with E-state index < -0.39 is 17.4 Å². The Labute approximate surface area is 167 Å². The lowest BCUT2D eigenvalue weighted by Gasteiger charge is -2.08. The number of ether oxygens (including phenoxy) is 1. The molecule has 0 saturated carbocycles. The number of aromatic nitrogens is 5. The molecule has 0 saturated heterocycles. The SMILES string of the molecule is C#CCOc1nc2c(-c3ccc(C(F)(F)F)cc3)c(-c3ccccn3)nn2c(=O)[nH]1. The molecule has 0 aliphatic rings. The Balaban J connectivity index is 1.98. The van der Waals surface area contributed by atoms with E-state index >= 15 is 0 Å². The predicted octanol–water partition coefficient (Wildman–Crippen LogP) is 3.18. The molecule has 0 aliphatic heterocycles. The van der Waals surface area contributed by atoms with Crippen molar-refractivity contribution in [2.45, 2.75) is 6.18 Å². The molecule has 0 amide bonds. The van der Waals surface area contributed by atoms with Crippen molar-refractivity contribution in [3.05, 3.63) is 64.7 Å². The number of fused-ring (bicyclic) bond motifs is 1. The van der Waals surface area contributed by atoms with E-state index in [1.165, 1.54) is 18.3 Å². The Morgan fingerprint density at radius 1 is 1.17 bits per heavy atom. The van der Waals surface area contributed by atoms with Gasteiger partial charge in [-0.05, 0) is 29.8 Å². The van der Waals surface area contributed by atoms with Gasteiger partial charge in [0.15, 0.2) is 12.3 Å². The molecule has 30 heavy (non-hydrogen) atoms. The second-order valence-corrected chi connectivity index (χ2v) is 6.09. The molecule has 3 heterocycles. The van der Waals surface area contributed by atoms with Crippen molar-refractivity contribution in [2.75, 3.05) is 6.61 Å². The molecule has 4 rings (SSSR count). The summed E-state index contributed by atoms with van der Waals surface area (Å²) in [5.74, 6) is 2.26. The largest absolute Gasteiger partial charge is 0.451 e. The number of alkyl halides is 3. The highest BCUT2D eigenvalue weighted by molar-refractivity contribution is 5.89. The summed E-state index contributed by atoms with van der Waals surface area (Å²) < 4.78 is 45.1. The molecule has 7 nitrogen and oxygen atoms in total. The van der Waals surface area contributed by atoms with Crippen molar-refractivity contribution >= 4 is 5.65 Å². The fraction of sp³-hybridized carbons (Fsp3) is 0.100. The van der Waals surface area contributed by atoms with Crippen LogP contribution in [0.1, 0.15) is 5.56 Å². The van der Waals surface area contributed by atoms with Crippen molar-refractivity contribution in [1.82, 2.24) is 24.6 Å². The normalized spacial score (nSPS) is 11.4. The minimum absolute atomic E-state index is 0.0891. The summed E-state index contributed by atoms with van der Waals surface area (Å²) in [5.41, 5.74) is 0.0455. The zero-order valence-corrected chi connectivity index (χ0v) is 15.1. The second-order valence-electron chi connectivity index (χ2n) is 6.09. The maximum absolute atomic E-state index is 13.0. The highest BCUT2D eigenvalue weighted by Crippen LogP contribution is 2.35. The monoisotopic (exact) mass is 411 g/mol. The van der Waals surface area contributed by atoms with Gasteiger partial charge in [0.05, 0.1) is 16.8 Å². The number of hydrogen-bond acceptors (Lipinski definition) is 5. The van der Waals surface area contributed by atoms with Gasteiger partial charge in [-0.2, -0.15) is 27.8 Å². The number of nitrogens with one attached hydrogen (secondary N) is 1. The molecule has 1 N–H and O–H groups in total. The van der Waals surface area contributed by atoms with Crippen molar-refractivity contribution in [3.63, 3.8) is 0 Å². The van der Waals surface area contributed by atoms with Gasteiger partial charge in [0, 0.05) is 6.20 Å². The fourth-order valence-corrected chi connectivity index (χ4v) is 2.87. The highest BCUT2D eigenvalue weighted by atomic mass is 19.4. The summed E-state index contributed by atoms with van der Waals surface area (Å²) in [7, 11) is 0. The van der Waals surface area contributed by atoms with E-state index in [1.54, 1.807) is 18.2 Å². The van der Waals surface area contributed by atoms with Gasteiger partial charge < -0.3 is 4.74 Å². The van der Waals surface area contributed by atoms with E-state index in [0.29, 0.717) is 16.8 Å². The van der Waals surface area contributed by atoms with Crippen molar-refractivity contribution in [1.29, 1.82) is 0 Å². The third-order valence-corrected chi connectivity index (χ3v) is 4.18. The van der Waals surface area contributed by atoms with Crippen molar-refractivity contribution in [2.24, 2.45) is 0 Å². The third-order valence-electron chi connectivity index (χ3n) is 4.18. The minimum Gasteiger partial charge on any atom is -0.451 e. The Kier molecular flexibility index (Phi) is 4.71. The van der Waals surface area contributed by atoms with E-state index in [1.807, 2.05) is 0 Å². The summed E-state index contributed by atoms with van der Waals surface area (Å²) in [4.78, 5) is 23.4. The van der Waals surface area contributed by atoms with E-state index in [2.05, 4.69) is 26.0 Å². The Morgan fingerprint density at radius 2 is 1.93 bits per heavy atom. The molecule has 150 valence electrons. The maximum atomic E-state index is 13.0. The fourth-order valence-electron chi connectivity index (χ4n) is 2.87. The molecule has 0 unspecified atom stereocenters. The van der Waals surface area contributed by atoms with E-state index in [0.717, 1.165) is 16.6 Å². The average molecular weight is 411 g/mol. The smallest absolute Gasteiger partial charge is 0.416 e. The summed E-state index contributed by atoms with van der Waals surface area (Å²) in [6, 6.07) is 9.43. The van der Waals surface area contributed by atoms with Crippen LogP contribution in [0.25, 0.3) is 28.2 Å². The van der Waals surface area contributed by atoms with Gasteiger partial charge in [0.25, 0.3) is 0 Å². The molecule has 0 bridgehead atoms. The standard InChI is InChI=1S/C20H12F3N5O2/c1-2-11-30-18-25-17-15(12-6-8-13(9-7-12)20(21,22)23)16(14-5-3-4-10-24-14)27-28(17)19(29)26-18/h1,3-10H,11H2,(H,25,26,29). The van der Waals surface area contributed by atoms with Gasteiger partial charge in [0.1, 0.15) is 5.69 Å². The zero-order chi connectivity index (χ0) is 21.3. The first-order chi connectivity index (χ1) is 14.4. The van der Waals surface area contributed by atoms with Crippen LogP contribution < -0.4 is 10.4 Å². The van der Waals surface area contributed by atoms with Crippen LogP contribution in [0.15, 0.2) is 53.5 Å². The summed E-state index contributed by atoms with van der Waals surface area (Å²) in [5, 5.41) is 4.28. The lowest BCUT2D eigenvalue weighted by atomic mass is 10.0. The van der Waals surface area contributed by atoms with Crippen LogP contribution in [-0.4, -0.2) is 31.2 Å². The number of H-pyrrole nitrogens is 1. The second kappa shape index (κ2) is 7.36. The van der Waals surface area contributed by atoms with Crippen LogP contribution in [0.2, 0.25) is 0 Å². The van der Waals surface area contributed by atoms with Crippen LogP contribution in [-0.2, 0) is 6.18 Å². The van der Waals surface area contributed by atoms with Crippen LogP contribution in [0.3, 0.4) is 0 Å². The average Bonchev–Trinajstić information content (AvgIpc) is 3.12. The number of benzene rings is 1. The molecule has 0 spiro atoms. The Morgan fingerprint density at radius 3 is 2.57 bits per heavy atom. The topological polar surface area (TPSA) is 85.2 Å². The first kappa shape index (κ1) is 19.2. The van der Waals surface area contributed by atoms with E-state index in [4.69, 9.17) is 11.2 Å². The number of rotatable bonds is 4. The first-order valence-electron chi connectivity index (χ1n) is 8.57. The first-order valence-corrected chi connectivity index (χ1v) is 8.57. The molecule has 4 aromatic rings. The van der Waals surface area contributed by atoms with Crippen LogP contribution in [0, 0.1) is 12.3 Å². The zero-order valence-electron chi connectivity index (χ0n) is 15.1. The molecule has 10 heteroatoms. The molecular weight excluding hydrogens is 399 g/mol. The molecule has 3 aromatic heterocycles. The van der Waals surface area contributed by atoms with Crippen molar-refractivity contribution < 1.29 is 17.9 Å². The number of nitrogens with zero attached hydrogens (tertiary/aromatic N) is 4. The van der Waals surface area contributed by atoms with Crippen molar-refractivity contribution in [3.8, 4) is 40.9 Å². The van der Waals surface area contributed by atoms with E-state index in [9.17, 15) is 18.0 Å². The van der Waals surface area contributed by atoms with Crippen LogP contribution >= 0.6 is 0 Å². The summed E-state index contributed by atoms with van der Waals surface area (Å²) in [6.07, 6.45) is 2.22. The van der Waals surface area contributed by atoms with Gasteiger partial charge in [-0.15, -0.1) is 6.42 Å². The Bertz CT molecular complexity index is 1300. The summed E-state index contributed by atoms with van der Waals surface area (Å²) in [6.45, 7) is -0.129. The van der Waals surface area contributed by atoms with Gasteiger partial charge in [0.2, 0.25) is 0 Å². The Hall–Kier alpha value is -4.13. The van der Waals surface area contributed by atoms with Crippen LogP contribution in [0.5, 0.6) is 6.01 Å². The molecule has 1 aromatic carbocycles. The molecular formula is C20H12F3N5O2. The number of pyridine rings is 1. The molecule has 0 radical (unpaired) electrons. The molecule has 0 fully saturated rings. The van der Waals surface area contributed by atoms with Gasteiger partial charge in [-0.1, -0.05) is 24.1 Å². The lowest BCUT2D eigenvalue weighted by Crippen LogP contribution is -2.20. The maximum Gasteiger partial charge on any atom is 0.416 e. The van der Waals surface area contributed by atoms with Gasteiger partial charge in [-0.25, -0.2) is 4.79 Å². The number of aromatic amines is 1. The predicted molar refractivity (Wildman–Crippen MR) is 102 cm³/mol. The quantitative estimate of drug-likeness (QED) is 0.522. The number of halogens is 3. The van der Waals surface area contributed by atoms with Gasteiger partial charge in [-0.3, -0.25) is 9.97 Å². The number of terminal acetylenes is 1. The van der Waals surface area contributed by atoms with E-state index in [-0.39, 0.29) is 24.0 Å².